The smallest absolute Gasteiger partial charge is 0.237 e. The molecule has 1 amide bonds. The van der Waals surface area contributed by atoms with Crippen molar-refractivity contribution in [2.45, 2.75) is 32.4 Å². The molecule has 0 aromatic heterocycles. The van der Waals surface area contributed by atoms with Crippen LogP contribution in [0.5, 0.6) is 0 Å². The maximum atomic E-state index is 12.0. The molecule has 5 nitrogen and oxygen atoms in total. The van der Waals surface area contributed by atoms with Crippen LogP contribution in [0.1, 0.15) is 18.9 Å². The highest BCUT2D eigenvalue weighted by molar-refractivity contribution is 5.82. The fourth-order valence-corrected chi connectivity index (χ4v) is 2.72. The van der Waals surface area contributed by atoms with E-state index in [1.807, 2.05) is 12.1 Å². The minimum absolute atomic E-state index is 0.0209. The number of likely N-dealkylation sites (N-methyl/N-ethyl adjacent to an activating group) is 1. The number of aryl methyl sites for hydroxylation is 1. The summed E-state index contributed by atoms with van der Waals surface area (Å²) < 4.78 is 0. The molecular formula is C16H25N3O2. The van der Waals surface area contributed by atoms with E-state index in [1.165, 1.54) is 11.3 Å². The standard InChI is InChI=1S/C16H25N3O2/c1-3-19(15-7-5-4-6-12(15)2)9-8-17-16(21)14-10-13(20)11-18-14/h4-7,13-14,18,20H,3,8-11H2,1-2H3,(H,17,21). The largest absolute Gasteiger partial charge is 0.392 e. The van der Waals surface area contributed by atoms with Crippen molar-refractivity contribution >= 4 is 11.6 Å². The van der Waals surface area contributed by atoms with Crippen LogP contribution in [-0.2, 0) is 4.79 Å². The van der Waals surface area contributed by atoms with E-state index in [0.29, 0.717) is 19.5 Å². The van der Waals surface area contributed by atoms with Crippen LogP contribution in [0.15, 0.2) is 24.3 Å². The highest BCUT2D eigenvalue weighted by atomic mass is 16.3. The maximum Gasteiger partial charge on any atom is 0.237 e. The van der Waals surface area contributed by atoms with Gasteiger partial charge in [-0.2, -0.15) is 0 Å². The van der Waals surface area contributed by atoms with E-state index >= 15 is 0 Å². The summed E-state index contributed by atoms with van der Waals surface area (Å²) in [7, 11) is 0. The first kappa shape index (κ1) is 15.8. The van der Waals surface area contributed by atoms with Gasteiger partial charge in [-0.15, -0.1) is 0 Å². The second-order valence-electron chi connectivity index (χ2n) is 5.51. The molecule has 1 aliphatic rings. The number of para-hydroxylation sites is 1. The highest BCUT2D eigenvalue weighted by Gasteiger charge is 2.27. The van der Waals surface area contributed by atoms with Gasteiger partial charge in [-0.3, -0.25) is 4.79 Å². The lowest BCUT2D eigenvalue weighted by atomic mass is 10.2. The molecule has 0 bridgehead atoms. The van der Waals surface area contributed by atoms with E-state index in [0.717, 1.165) is 13.1 Å². The number of aliphatic hydroxyl groups is 1. The van der Waals surface area contributed by atoms with Gasteiger partial charge in [0, 0.05) is 31.9 Å². The number of carbonyl (C=O) groups excluding carboxylic acids is 1. The predicted molar refractivity (Wildman–Crippen MR) is 84.5 cm³/mol. The molecule has 0 spiro atoms. The normalized spacial score (nSPS) is 21.3. The number of aliphatic hydroxyl groups excluding tert-OH is 1. The van der Waals surface area contributed by atoms with E-state index in [-0.39, 0.29) is 11.9 Å². The number of amides is 1. The van der Waals surface area contributed by atoms with Crippen molar-refractivity contribution < 1.29 is 9.90 Å². The Hall–Kier alpha value is -1.59. The minimum Gasteiger partial charge on any atom is -0.392 e. The molecule has 2 atom stereocenters. The molecule has 1 saturated heterocycles. The molecule has 0 radical (unpaired) electrons. The average molecular weight is 291 g/mol. The third-order valence-corrected chi connectivity index (χ3v) is 3.94. The Morgan fingerprint density at radius 3 is 2.86 bits per heavy atom. The minimum atomic E-state index is -0.403. The van der Waals surface area contributed by atoms with Crippen LogP contribution in [0, 0.1) is 6.92 Å². The molecule has 2 unspecified atom stereocenters. The number of hydrogen-bond acceptors (Lipinski definition) is 4. The molecule has 1 aromatic rings. The monoisotopic (exact) mass is 291 g/mol. The van der Waals surface area contributed by atoms with Crippen molar-refractivity contribution in [3.05, 3.63) is 29.8 Å². The van der Waals surface area contributed by atoms with Crippen molar-refractivity contribution in [2.75, 3.05) is 31.1 Å². The third kappa shape index (κ3) is 4.19. The quantitative estimate of drug-likeness (QED) is 0.720. The number of nitrogens with one attached hydrogen (secondary N) is 2. The fraction of sp³-hybridized carbons (Fsp3) is 0.562. The molecule has 1 heterocycles. The zero-order chi connectivity index (χ0) is 15.2. The lowest BCUT2D eigenvalue weighted by Gasteiger charge is -2.25. The Balaban J connectivity index is 1.81. The van der Waals surface area contributed by atoms with Crippen molar-refractivity contribution in [1.82, 2.24) is 10.6 Å². The summed E-state index contributed by atoms with van der Waals surface area (Å²) in [5, 5.41) is 15.4. The van der Waals surface area contributed by atoms with Gasteiger partial charge in [-0.1, -0.05) is 18.2 Å². The fourth-order valence-electron chi connectivity index (χ4n) is 2.72. The molecule has 2 rings (SSSR count). The Bertz CT molecular complexity index is 478. The maximum absolute atomic E-state index is 12.0. The number of anilines is 1. The summed E-state index contributed by atoms with van der Waals surface area (Å²) in [4.78, 5) is 14.2. The molecule has 1 aromatic carbocycles. The van der Waals surface area contributed by atoms with E-state index in [4.69, 9.17) is 0 Å². The number of nitrogens with zero attached hydrogens (tertiary/aromatic N) is 1. The van der Waals surface area contributed by atoms with Crippen LogP contribution in [0.2, 0.25) is 0 Å². The average Bonchev–Trinajstić information content (AvgIpc) is 2.91. The number of carbonyl (C=O) groups is 1. The van der Waals surface area contributed by atoms with Gasteiger partial charge in [-0.05, 0) is 31.9 Å². The van der Waals surface area contributed by atoms with Crippen LogP contribution in [-0.4, -0.2) is 49.3 Å². The van der Waals surface area contributed by atoms with Crippen molar-refractivity contribution in [3.63, 3.8) is 0 Å². The molecule has 5 heteroatoms. The summed E-state index contributed by atoms with van der Waals surface area (Å²) in [6.45, 7) is 7.00. The summed E-state index contributed by atoms with van der Waals surface area (Å²) in [5.41, 5.74) is 2.45. The summed E-state index contributed by atoms with van der Waals surface area (Å²) in [6, 6.07) is 8.02. The molecule has 1 aliphatic heterocycles. The first-order chi connectivity index (χ1) is 10.1. The van der Waals surface area contributed by atoms with Crippen LogP contribution < -0.4 is 15.5 Å². The van der Waals surface area contributed by atoms with E-state index in [1.54, 1.807) is 0 Å². The van der Waals surface area contributed by atoms with Gasteiger partial charge in [0.05, 0.1) is 12.1 Å². The van der Waals surface area contributed by atoms with Crippen LogP contribution in [0.3, 0.4) is 0 Å². The number of benzene rings is 1. The van der Waals surface area contributed by atoms with Crippen molar-refractivity contribution in [2.24, 2.45) is 0 Å². The summed E-state index contributed by atoms with van der Waals surface area (Å²) >= 11 is 0. The van der Waals surface area contributed by atoms with Gasteiger partial charge in [0.25, 0.3) is 0 Å². The predicted octanol–water partition coefficient (Wildman–Crippen LogP) is 0.660. The summed E-state index contributed by atoms with van der Waals surface area (Å²) in [5.74, 6) is -0.0209. The molecule has 0 saturated carbocycles. The topological polar surface area (TPSA) is 64.6 Å². The van der Waals surface area contributed by atoms with Gasteiger partial charge in [0.15, 0.2) is 0 Å². The second-order valence-corrected chi connectivity index (χ2v) is 5.51. The van der Waals surface area contributed by atoms with E-state index < -0.39 is 6.10 Å². The van der Waals surface area contributed by atoms with Crippen molar-refractivity contribution in [1.29, 1.82) is 0 Å². The molecule has 21 heavy (non-hydrogen) atoms. The lowest BCUT2D eigenvalue weighted by Crippen LogP contribution is -2.43. The van der Waals surface area contributed by atoms with Crippen LogP contribution in [0.4, 0.5) is 5.69 Å². The van der Waals surface area contributed by atoms with E-state index in [2.05, 4.69) is 41.5 Å². The van der Waals surface area contributed by atoms with Crippen molar-refractivity contribution in [3.8, 4) is 0 Å². The Morgan fingerprint density at radius 2 is 2.24 bits per heavy atom. The third-order valence-electron chi connectivity index (χ3n) is 3.94. The molecule has 116 valence electrons. The SMILES string of the molecule is CCN(CCNC(=O)C1CC(O)CN1)c1ccccc1C. The zero-order valence-corrected chi connectivity index (χ0v) is 12.8. The number of β-amino-alcohol motifs (C(OH)–C–C–N with tert-alkyl or cyclic N) is 1. The number of hydrogen-bond donors (Lipinski definition) is 3. The Morgan fingerprint density at radius 1 is 1.48 bits per heavy atom. The zero-order valence-electron chi connectivity index (χ0n) is 12.8. The summed E-state index contributed by atoms with van der Waals surface area (Å²) in [6.07, 6.45) is 0.0982. The number of rotatable bonds is 6. The first-order valence-electron chi connectivity index (χ1n) is 7.61. The first-order valence-corrected chi connectivity index (χ1v) is 7.61. The lowest BCUT2D eigenvalue weighted by molar-refractivity contribution is -0.122. The molecule has 3 N–H and O–H groups in total. The second kappa shape index (κ2) is 7.43. The van der Waals surface area contributed by atoms with Gasteiger partial charge in [-0.25, -0.2) is 0 Å². The molecule has 1 fully saturated rings. The Labute approximate surface area is 126 Å². The molecular weight excluding hydrogens is 266 g/mol. The Kier molecular flexibility index (Phi) is 5.59. The van der Waals surface area contributed by atoms with Crippen LogP contribution >= 0.6 is 0 Å². The van der Waals surface area contributed by atoms with Gasteiger partial charge in [0.1, 0.15) is 0 Å². The highest BCUT2D eigenvalue weighted by Crippen LogP contribution is 2.18. The van der Waals surface area contributed by atoms with Gasteiger partial charge in [0.2, 0.25) is 5.91 Å². The van der Waals surface area contributed by atoms with E-state index in [9.17, 15) is 9.90 Å². The van der Waals surface area contributed by atoms with Gasteiger partial charge < -0.3 is 20.6 Å². The van der Waals surface area contributed by atoms with Gasteiger partial charge >= 0.3 is 0 Å². The van der Waals surface area contributed by atoms with Crippen LogP contribution in [0.25, 0.3) is 0 Å². The molecule has 0 aliphatic carbocycles.